The average molecular weight is 308 g/mol. The topological polar surface area (TPSA) is 65.7 Å². The lowest BCUT2D eigenvalue weighted by Gasteiger charge is -2.06. The number of hydrogen-bond acceptors (Lipinski definition) is 5. The Morgan fingerprint density at radius 3 is 2.43 bits per heavy atom. The van der Waals surface area contributed by atoms with Crippen LogP contribution in [0.5, 0.6) is 11.5 Å². The van der Waals surface area contributed by atoms with E-state index in [1.54, 1.807) is 42.5 Å². The van der Waals surface area contributed by atoms with Gasteiger partial charge in [-0.25, -0.2) is 9.59 Å². The highest BCUT2D eigenvalue weighted by molar-refractivity contribution is 5.91. The third-order valence-corrected chi connectivity index (χ3v) is 3.11. The second kappa shape index (κ2) is 6.19. The number of rotatable bonds is 4. The van der Waals surface area contributed by atoms with Crippen molar-refractivity contribution in [2.75, 3.05) is 0 Å². The molecule has 0 N–H and O–H groups in total. The number of fused-ring (bicyclic) bond motifs is 1. The van der Waals surface area contributed by atoms with Crippen LogP contribution in [0.15, 0.2) is 76.7 Å². The van der Waals surface area contributed by atoms with E-state index in [1.807, 2.05) is 0 Å². The third kappa shape index (κ3) is 3.29. The minimum atomic E-state index is -0.521. The minimum Gasteiger partial charge on any atom is -0.466 e. The predicted octanol–water partition coefficient (Wildman–Crippen LogP) is 3.53. The first-order valence-corrected chi connectivity index (χ1v) is 6.79. The summed E-state index contributed by atoms with van der Waals surface area (Å²) in [6, 6.07) is 14.3. The molecule has 0 aliphatic rings. The highest BCUT2D eigenvalue weighted by Gasteiger charge is 2.10. The molecule has 0 saturated carbocycles. The highest BCUT2D eigenvalue weighted by Crippen LogP contribution is 2.21. The maximum absolute atomic E-state index is 12.1. The summed E-state index contributed by atoms with van der Waals surface area (Å²) in [6.07, 6.45) is 1.30. The summed E-state index contributed by atoms with van der Waals surface area (Å²) in [4.78, 5) is 23.3. The fourth-order valence-electron chi connectivity index (χ4n) is 2.04. The molecule has 1 aromatic heterocycles. The summed E-state index contributed by atoms with van der Waals surface area (Å²) in [5, 5.41) is 0.746. The van der Waals surface area contributed by atoms with Crippen LogP contribution < -0.4 is 15.1 Å². The molecule has 3 rings (SSSR count). The Bertz CT molecular complexity index is 922. The van der Waals surface area contributed by atoms with E-state index in [0.717, 1.165) is 5.39 Å². The molecule has 0 amide bonds. The second-order valence-electron chi connectivity index (χ2n) is 4.65. The van der Waals surface area contributed by atoms with Crippen LogP contribution in [0.25, 0.3) is 11.0 Å². The Hall–Kier alpha value is -3.34. The van der Waals surface area contributed by atoms with Gasteiger partial charge in [0.2, 0.25) is 0 Å². The van der Waals surface area contributed by atoms with Crippen molar-refractivity contribution in [3.8, 4) is 11.5 Å². The Morgan fingerprint density at radius 2 is 1.70 bits per heavy atom. The van der Waals surface area contributed by atoms with E-state index >= 15 is 0 Å². The van der Waals surface area contributed by atoms with Gasteiger partial charge in [-0.05, 0) is 42.5 Å². The minimum absolute atomic E-state index is 0.295. The van der Waals surface area contributed by atoms with Crippen molar-refractivity contribution in [2.45, 2.75) is 0 Å². The molecule has 2 aromatic carbocycles. The number of esters is 1. The SMILES string of the molecule is C=COc1ccc(C(=O)Oc2ccc3ccc(=O)oc3c2)cc1. The van der Waals surface area contributed by atoms with Crippen molar-refractivity contribution in [3.63, 3.8) is 0 Å². The number of benzene rings is 2. The normalized spacial score (nSPS) is 10.3. The van der Waals surface area contributed by atoms with Crippen molar-refractivity contribution in [1.82, 2.24) is 0 Å². The molecule has 0 saturated heterocycles. The molecule has 0 unspecified atom stereocenters. The predicted molar refractivity (Wildman–Crippen MR) is 84.7 cm³/mol. The summed E-state index contributed by atoms with van der Waals surface area (Å²) in [5.74, 6) is 0.347. The van der Waals surface area contributed by atoms with Crippen molar-refractivity contribution >= 4 is 16.9 Å². The van der Waals surface area contributed by atoms with E-state index in [2.05, 4.69) is 6.58 Å². The van der Waals surface area contributed by atoms with E-state index in [0.29, 0.717) is 22.6 Å². The van der Waals surface area contributed by atoms with Gasteiger partial charge < -0.3 is 13.9 Å². The van der Waals surface area contributed by atoms with Gasteiger partial charge in [-0.2, -0.15) is 0 Å². The van der Waals surface area contributed by atoms with E-state index in [9.17, 15) is 9.59 Å². The summed E-state index contributed by atoms with van der Waals surface area (Å²) in [6.45, 7) is 3.46. The molecule has 0 radical (unpaired) electrons. The van der Waals surface area contributed by atoms with Gasteiger partial charge in [-0.1, -0.05) is 6.58 Å². The fraction of sp³-hybridized carbons (Fsp3) is 0. The molecular weight excluding hydrogens is 296 g/mol. The van der Waals surface area contributed by atoms with Gasteiger partial charge in [-0.15, -0.1) is 0 Å². The number of carbonyl (C=O) groups is 1. The summed E-state index contributed by atoms with van der Waals surface area (Å²) >= 11 is 0. The molecule has 0 aliphatic heterocycles. The molecule has 1 heterocycles. The largest absolute Gasteiger partial charge is 0.466 e. The monoisotopic (exact) mass is 308 g/mol. The van der Waals surface area contributed by atoms with E-state index in [-0.39, 0.29) is 0 Å². The van der Waals surface area contributed by atoms with Gasteiger partial charge in [0.1, 0.15) is 17.1 Å². The Labute approximate surface area is 131 Å². The van der Waals surface area contributed by atoms with Gasteiger partial charge in [-0.3, -0.25) is 0 Å². The van der Waals surface area contributed by atoms with Gasteiger partial charge >= 0.3 is 11.6 Å². The first kappa shape index (κ1) is 14.6. The van der Waals surface area contributed by atoms with Crippen molar-refractivity contribution in [2.24, 2.45) is 0 Å². The summed E-state index contributed by atoms with van der Waals surface area (Å²) in [7, 11) is 0. The van der Waals surface area contributed by atoms with Crippen LogP contribution >= 0.6 is 0 Å². The van der Waals surface area contributed by atoms with Gasteiger partial charge in [0.15, 0.2) is 0 Å². The lowest BCUT2D eigenvalue weighted by Crippen LogP contribution is -2.08. The zero-order chi connectivity index (χ0) is 16.2. The van der Waals surface area contributed by atoms with Crippen molar-refractivity contribution in [3.05, 3.63) is 83.4 Å². The highest BCUT2D eigenvalue weighted by atomic mass is 16.5. The van der Waals surface area contributed by atoms with Crippen LogP contribution in [0.4, 0.5) is 0 Å². The lowest BCUT2D eigenvalue weighted by molar-refractivity contribution is 0.0735. The quantitative estimate of drug-likeness (QED) is 0.319. The molecule has 3 aromatic rings. The molecular formula is C18H12O5. The van der Waals surface area contributed by atoms with E-state index in [4.69, 9.17) is 13.9 Å². The fourth-order valence-corrected chi connectivity index (χ4v) is 2.04. The Morgan fingerprint density at radius 1 is 1.00 bits per heavy atom. The second-order valence-corrected chi connectivity index (χ2v) is 4.65. The first-order chi connectivity index (χ1) is 11.2. The molecule has 5 heteroatoms. The summed E-state index contributed by atoms with van der Waals surface area (Å²) in [5.41, 5.74) is 0.271. The van der Waals surface area contributed by atoms with Gasteiger partial charge in [0, 0.05) is 17.5 Å². The molecule has 23 heavy (non-hydrogen) atoms. The number of ether oxygens (including phenoxy) is 2. The number of hydrogen-bond donors (Lipinski definition) is 0. The van der Waals surface area contributed by atoms with Crippen LogP contribution in [-0.2, 0) is 0 Å². The average Bonchev–Trinajstić information content (AvgIpc) is 2.55. The molecule has 114 valence electrons. The zero-order valence-corrected chi connectivity index (χ0v) is 12.0. The van der Waals surface area contributed by atoms with Crippen molar-refractivity contribution in [1.29, 1.82) is 0 Å². The lowest BCUT2D eigenvalue weighted by atomic mass is 10.2. The van der Waals surface area contributed by atoms with Crippen LogP contribution in [0.3, 0.4) is 0 Å². The molecule has 0 bridgehead atoms. The van der Waals surface area contributed by atoms with Crippen LogP contribution in [0.2, 0.25) is 0 Å². The zero-order valence-electron chi connectivity index (χ0n) is 12.0. The smallest absolute Gasteiger partial charge is 0.343 e. The molecule has 0 aliphatic carbocycles. The van der Waals surface area contributed by atoms with Crippen LogP contribution in [0.1, 0.15) is 10.4 Å². The van der Waals surface area contributed by atoms with Gasteiger partial charge in [0.25, 0.3) is 0 Å². The van der Waals surface area contributed by atoms with Crippen LogP contribution in [-0.4, -0.2) is 5.97 Å². The van der Waals surface area contributed by atoms with E-state index in [1.165, 1.54) is 18.4 Å². The summed E-state index contributed by atoms with van der Waals surface area (Å²) < 4.78 is 15.4. The standard InChI is InChI=1S/C18H12O5/c1-2-21-14-7-4-13(5-8-14)18(20)22-15-9-3-12-6-10-17(19)23-16(12)11-15/h2-11H,1H2. The molecule has 0 spiro atoms. The molecule has 5 nitrogen and oxygen atoms in total. The molecule has 0 fully saturated rings. The maximum Gasteiger partial charge on any atom is 0.343 e. The Kier molecular flexibility index (Phi) is 3.93. The third-order valence-electron chi connectivity index (χ3n) is 3.11. The molecule has 0 atom stereocenters. The first-order valence-electron chi connectivity index (χ1n) is 6.79. The van der Waals surface area contributed by atoms with E-state index < -0.39 is 11.6 Å². The number of carbonyl (C=O) groups excluding carboxylic acids is 1. The Balaban J connectivity index is 1.81. The van der Waals surface area contributed by atoms with Gasteiger partial charge in [0.05, 0.1) is 11.8 Å². The van der Waals surface area contributed by atoms with Crippen molar-refractivity contribution < 1.29 is 18.7 Å². The van der Waals surface area contributed by atoms with Crippen LogP contribution in [0, 0.1) is 0 Å². The maximum atomic E-state index is 12.1.